The summed E-state index contributed by atoms with van der Waals surface area (Å²) in [5, 5.41) is 19.5. The predicted molar refractivity (Wildman–Crippen MR) is 174 cm³/mol. The lowest BCUT2D eigenvalue weighted by Gasteiger charge is -2.28. The van der Waals surface area contributed by atoms with Gasteiger partial charge in [-0.05, 0) is 77.6 Å². The van der Waals surface area contributed by atoms with E-state index in [1.807, 2.05) is 42.5 Å². The number of rotatable bonds is 9. The predicted octanol–water partition coefficient (Wildman–Crippen LogP) is 8.97. The van der Waals surface area contributed by atoms with E-state index < -0.39 is 11.4 Å². The molecule has 0 unspecified atom stereocenters. The molecule has 4 nitrogen and oxygen atoms in total. The highest BCUT2D eigenvalue weighted by Gasteiger charge is 2.40. The minimum absolute atomic E-state index is 0.00923. The number of nitriles is 1. The van der Waals surface area contributed by atoms with Gasteiger partial charge < -0.3 is 10.0 Å². The maximum atomic E-state index is 11.5. The van der Waals surface area contributed by atoms with E-state index in [0.29, 0.717) is 12.1 Å². The lowest BCUT2D eigenvalue weighted by Crippen LogP contribution is -2.28. The molecule has 1 heterocycles. The van der Waals surface area contributed by atoms with Crippen molar-refractivity contribution in [2.75, 3.05) is 11.4 Å². The van der Waals surface area contributed by atoms with Crippen LogP contribution >= 0.6 is 0 Å². The molecule has 214 valence electrons. The summed E-state index contributed by atoms with van der Waals surface area (Å²) in [6.07, 6.45) is 7.54. The van der Waals surface area contributed by atoms with Gasteiger partial charge in [0.1, 0.15) is 0 Å². The van der Waals surface area contributed by atoms with Crippen molar-refractivity contribution in [2.45, 2.75) is 58.8 Å². The third-order valence-electron chi connectivity index (χ3n) is 8.43. The first-order chi connectivity index (χ1) is 19.9. The summed E-state index contributed by atoms with van der Waals surface area (Å²) in [5.41, 5.74) is 9.67. The second-order valence-electron chi connectivity index (χ2n) is 12.1. The molecule has 4 heteroatoms. The monoisotopic (exact) mass is 556 g/mol. The summed E-state index contributed by atoms with van der Waals surface area (Å²) in [4.78, 5) is 13.6. The highest BCUT2D eigenvalue weighted by Crippen LogP contribution is 2.49. The van der Waals surface area contributed by atoms with Crippen LogP contribution in [0.5, 0.6) is 0 Å². The van der Waals surface area contributed by atoms with Crippen molar-refractivity contribution >= 4 is 11.7 Å². The lowest BCUT2D eigenvalue weighted by molar-refractivity contribution is -0.136. The summed E-state index contributed by atoms with van der Waals surface area (Å²) in [7, 11) is 0. The Balaban J connectivity index is 1.69. The van der Waals surface area contributed by atoms with Gasteiger partial charge in [-0.25, -0.2) is 0 Å². The molecule has 0 saturated heterocycles. The highest BCUT2D eigenvalue weighted by molar-refractivity contribution is 5.78. The number of aryl methyl sites for hydroxylation is 2. The van der Waals surface area contributed by atoms with Crippen LogP contribution in [-0.2, 0) is 15.6 Å². The van der Waals surface area contributed by atoms with Crippen molar-refractivity contribution in [2.24, 2.45) is 0 Å². The molecule has 0 aromatic heterocycles. The van der Waals surface area contributed by atoms with Crippen molar-refractivity contribution in [1.29, 1.82) is 5.26 Å². The molecule has 3 aromatic rings. The van der Waals surface area contributed by atoms with Gasteiger partial charge >= 0.3 is 5.97 Å². The molecule has 1 aliphatic heterocycles. The van der Waals surface area contributed by atoms with Crippen molar-refractivity contribution in [3.63, 3.8) is 0 Å². The molecule has 0 spiro atoms. The maximum absolute atomic E-state index is 11.5. The highest BCUT2D eigenvalue weighted by atomic mass is 16.4. The first kappa shape index (κ1) is 30.3. The molecular weight excluding hydrogens is 516 g/mol. The van der Waals surface area contributed by atoms with Gasteiger partial charge in [0.25, 0.3) is 0 Å². The van der Waals surface area contributed by atoms with Crippen molar-refractivity contribution in [1.82, 2.24) is 0 Å². The fourth-order valence-electron chi connectivity index (χ4n) is 5.71. The molecule has 0 radical (unpaired) electrons. The number of fused-ring (bicyclic) bond motifs is 1. The van der Waals surface area contributed by atoms with Crippen molar-refractivity contribution in [3.05, 3.63) is 137 Å². The number of allylic oxidation sites excluding steroid dienone is 7. The molecule has 1 aliphatic rings. The molecule has 1 N–H and O–H groups in total. The van der Waals surface area contributed by atoms with Crippen LogP contribution in [0.1, 0.15) is 56.4 Å². The van der Waals surface area contributed by atoms with Crippen molar-refractivity contribution in [3.8, 4) is 17.2 Å². The molecule has 0 bridgehead atoms. The number of benzene rings is 3. The molecule has 0 amide bonds. The van der Waals surface area contributed by atoms with E-state index in [2.05, 4.69) is 108 Å². The second kappa shape index (κ2) is 12.1. The lowest BCUT2D eigenvalue weighted by atomic mass is 9.75. The Bertz CT molecular complexity index is 1650. The van der Waals surface area contributed by atoms with Crippen LogP contribution in [0.25, 0.3) is 11.1 Å². The van der Waals surface area contributed by atoms with E-state index in [9.17, 15) is 15.2 Å². The van der Waals surface area contributed by atoms with Gasteiger partial charge in [-0.1, -0.05) is 101 Å². The Morgan fingerprint density at radius 3 is 2.40 bits per heavy atom. The number of aliphatic carboxylic acids is 1. The molecule has 0 saturated carbocycles. The molecule has 0 atom stereocenters. The first-order valence-corrected chi connectivity index (χ1v) is 14.3. The third-order valence-corrected chi connectivity index (χ3v) is 8.43. The maximum Gasteiger partial charge on any atom is 0.305 e. The van der Waals surface area contributed by atoms with E-state index in [4.69, 9.17) is 0 Å². The van der Waals surface area contributed by atoms with E-state index >= 15 is 0 Å². The SMILES string of the molecule is C=C(/C=C/C(C#N)=C/C=C1/N(CCC(=O)O)c2ccc(-c3ccccc3)cc2C1(C)C)C(C)(C)c1cc(C)ccc1C. The van der Waals surface area contributed by atoms with Crippen LogP contribution in [0, 0.1) is 25.2 Å². The standard InChI is InChI=1S/C38H40N2O2/c1-26-13-14-27(2)32(23-26)37(4,5)28(3)15-16-29(25-39)17-20-35-38(6,7)33-24-31(30-11-9-8-10-12-30)18-19-34(33)40(35)22-21-36(41)42/h8-20,23-24H,3,21-22H2,1-2,4-7H3,(H,41,42)/b16-15+,29-17-,35-20+. The minimum atomic E-state index is -0.845. The summed E-state index contributed by atoms with van der Waals surface area (Å²) >= 11 is 0. The number of nitrogens with zero attached hydrogens (tertiary/aromatic N) is 2. The van der Waals surface area contributed by atoms with Gasteiger partial charge in [0, 0.05) is 28.8 Å². The summed E-state index contributed by atoms with van der Waals surface area (Å²) in [5.74, 6) is -0.845. The van der Waals surface area contributed by atoms with Gasteiger partial charge in [0.05, 0.1) is 18.1 Å². The third kappa shape index (κ3) is 6.16. The zero-order valence-corrected chi connectivity index (χ0v) is 25.5. The van der Waals surface area contributed by atoms with Gasteiger partial charge in [-0.15, -0.1) is 0 Å². The average Bonchev–Trinajstić information content (AvgIpc) is 3.18. The normalized spacial score (nSPS) is 15.6. The molecule has 0 fully saturated rings. The molecule has 42 heavy (non-hydrogen) atoms. The summed E-state index contributed by atoms with van der Waals surface area (Å²) < 4.78 is 0. The Labute approximate surface area is 250 Å². The number of carboxylic acids is 1. The quantitative estimate of drug-likeness (QED) is 0.211. The van der Waals surface area contributed by atoms with Crippen LogP contribution in [0.15, 0.2) is 114 Å². The van der Waals surface area contributed by atoms with Crippen LogP contribution < -0.4 is 4.90 Å². The van der Waals surface area contributed by atoms with Gasteiger partial charge in [0.2, 0.25) is 0 Å². The van der Waals surface area contributed by atoms with E-state index in [1.54, 1.807) is 0 Å². The van der Waals surface area contributed by atoms with Crippen LogP contribution in [0.2, 0.25) is 0 Å². The minimum Gasteiger partial charge on any atom is -0.481 e. The summed E-state index contributed by atoms with van der Waals surface area (Å²) in [6, 6.07) is 25.4. The van der Waals surface area contributed by atoms with Gasteiger partial charge in [-0.3, -0.25) is 4.79 Å². The van der Waals surface area contributed by atoms with Gasteiger partial charge in [0.15, 0.2) is 0 Å². The van der Waals surface area contributed by atoms with Crippen LogP contribution in [0.3, 0.4) is 0 Å². The fraction of sp³-hybridized carbons (Fsp3) is 0.263. The Morgan fingerprint density at radius 2 is 1.74 bits per heavy atom. The smallest absolute Gasteiger partial charge is 0.305 e. The van der Waals surface area contributed by atoms with E-state index in [-0.39, 0.29) is 11.8 Å². The molecule has 4 rings (SSSR count). The van der Waals surface area contributed by atoms with Crippen molar-refractivity contribution < 1.29 is 9.90 Å². The molecule has 0 aliphatic carbocycles. The average molecular weight is 557 g/mol. The Morgan fingerprint density at radius 1 is 1.02 bits per heavy atom. The number of carboxylic acid groups (broad SMARTS) is 1. The number of hydrogen-bond acceptors (Lipinski definition) is 3. The van der Waals surface area contributed by atoms with E-state index in [1.165, 1.54) is 16.7 Å². The van der Waals surface area contributed by atoms with E-state index in [0.717, 1.165) is 33.6 Å². The molecule has 3 aromatic carbocycles. The zero-order valence-electron chi connectivity index (χ0n) is 25.5. The topological polar surface area (TPSA) is 64.3 Å². The second-order valence-corrected chi connectivity index (χ2v) is 12.1. The van der Waals surface area contributed by atoms with Gasteiger partial charge in [-0.2, -0.15) is 5.26 Å². The molecular formula is C38H40N2O2. The van der Waals surface area contributed by atoms with Crippen LogP contribution in [0.4, 0.5) is 5.69 Å². The summed E-state index contributed by atoms with van der Waals surface area (Å²) in [6.45, 7) is 17.5. The Hall–Kier alpha value is -4.62. The Kier molecular flexibility index (Phi) is 8.73. The zero-order chi connectivity index (χ0) is 30.7. The number of anilines is 1. The largest absolute Gasteiger partial charge is 0.481 e. The van der Waals surface area contributed by atoms with Crippen LogP contribution in [-0.4, -0.2) is 17.6 Å². The fourth-order valence-corrected chi connectivity index (χ4v) is 5.71. The number of carbonyl (C=O) groups is 1. The first-order valence-electron chi connectivity index (χ1n) is 14.3. The number of hydrogen-bond donors (Lipinski definition) is 1.